The first-order valence-electron chi connectivity index (χ1n) is 10.4. The van der Waals surface area contributed by atoms with E-state index in [4.69, 9.17) is 4.74 Å². The molecule has 168 valence electrons. The second-order valence-electron chi connectivity index (χ2n) is 7.96. The second-order valence-corrected chi connectivity index (χ2v) is 9.98. The molecule has 1 aromatic heterocycles. The number of nitrogens with one attached hydrogen (secondary N) is 2. The minimum atomic E-state index is -3.27. The van der Waals surface area contributed by atoms with E-state index < -0.39 is 9.84 Å². The average Bonchev–Trinajstić information content (AvgIpc) is 3.42. The van der Waals surface area contributed by atoms with E-state index in [1.54, 1.807) is 31.6 Å². The summed E-state index contributed by atoms with van der Waals surface area (Å²) in [5.41, 5.74) is 1.81. The predicted octanol–water partition coefficient (Wildman–Crippen LogP) is 3.90. The lowest BCUT2D eigenvalue weighted by Crippen LogP contribution is -2.35. The van der Waals surface area contributed by atoms with Crippen LogP contribution in [0.25, 0.3) is 0 Å². The largest absolute Gasteiger partial charge is 0.457 e. The number of H-pyrrole nitrogens is 1. The molecule has 32 heavy (non-hydrogen) atoms. The summed E-state index contributed by atoms with van der Waals surface area (Å²) in [7, 11) is -3.27. The van der Waals surface area contributed by atoms with Gasteiger partial charge in [-0.25, -0.2) is 13.4 Å². The number of likely N-dealkylation sites (tertiary alicyclic amines) is 1. The fraction of sp³-hybridized carbons (Fsp3) is 0.304. The van der Waals surface area contributed by atoms with Crippen molar-refractivity contribution in [1.82, 2.24) is 14.9 Å². The van der Waals surface area contributed by atoms with Gasteiger partial charge in [-0.15, -0.1) is 0 Å². The van der Waals surface area contributed by atoms with Gasteiger partial charge < -0.3 is 19.9 Å². The molecule has 9 heteroatoms. The number of benzene rings is 2. The van der Waals surface area contributed by atoms with Gasteiger partial charge in [-0.3, -0.25) is 4.79 Å². The Balaban J connectivity index is 1.61. The first kappa shape index (κ1) is 21.9. The molecule has 2 heterocycles. The zero-order chi connectivity index (χ0) is 22.7. The highest BCUT2D eigenvalue weighted by molar-refractivity contribution is 7.90. The smallest absolute Gasteiger partial charge is 0.219 e. The lowest BCUT2D eigenvalue weighted by molar-refractivity contribution is -0.129. The molecule has 3 aromatic rings. The molecular weight excluding hydrogens is 428 g/mol. The maximum Gasteiger partial charge on any atom is 0.219 e. The van der Waals surface area contributed by atoms with E-state index >= 15 is 0 Å². The molecule has 1 saturated heterocycles. The molecule has 8 nitrogen and oxygen atoms in total. The highest BCUT2D eigenvalue weighted by Gasteiger charge is 2.27. The van der Waals surface area contributed by atoms with E-state index in [2.05, 4.69) is 15.3 Å². The van der Waals surface area contributed by atoms with E-state index in [-0.39, 0.29) is 16.8 Å². The van der Waals surface area contributed by atoms with Crippen LogP contribution in [0.5, 0.6) is 11.5 Å². The standard InChI is InChI=1S/C23H26N4O4S/c1-16(28)27-11-3-4-19(27)13-17-12-18(26-23-14-24-15-25-23)5-10-22(17)31-20-6-8-21(9-7-20)32(2,29)30/h5-10,12,14-15,19,26H,3-4,11,13H2,1-2H3,(H,24,25). The van der Waals surface area contributed by atoms with Gasteiger partial charge in [0.1, 0.15) is 17.3 Å². The van der Waals surface area contributed by atoms with E-state index in [0.29, 0.717) is 23.7 Å². The predicted molar refractivity (Wildman–Crippen MR) is 122 cm³/mol. The highest BCUT2D eigenvalue weighted by Crippen LogP contribution is 2.32. The van der Waals surface area contributed by atoms with Crippen molar-refractivity contribution in [3.05, 3.63) is 60.6 Å². The Bertz CT molecular complexity index is 1190. The van der Waals surface area contributed by atoms with Crippen LogP contribution in [0.1, 0.15) is 25.3 Å². The van der Waals surface area contributed by atoms with Gasteiger partial charge >= 0.3 is 0 Å². The first-order chi connectivity index (χ1) is 15.3. The third-order valence-corrected chi connectivity index (χ3v) is 6.68. The number of aromatic amines is 1. The van der Waals surface area contributed by atoms with E-state index in [1.807, 2.05) is 23.1 Å². The summed E-state index contributed by atoms with van der Waals surface area (Å²) in [6.45, 7) is 2.38. The Morgan fingerprint density at radius 2 is 2.03 bits per heavy atom. The third kappa shape index (κ3) is 5.11. The number of hydrogen-bond donors (Lipinski definition) is 2. The fourth-order valence-electron chi connectivity index (χ4n) is 3.99. The molecule has 1 atom stereocenters. The number of ether oxygens (including phenoxy) is 1. The minimum Gasteiger partial charge on any atom is -0.457 e. The monoisotopic (exact) mass is 454 g/mol. The molecule has 2 aromatic carbocycles. The van der Waals surface area contributed by atoms with Crippen molar-refractivity contribution in [2.75, 3.05) is 18.1 Å². The zero-order valence-corrected chi connectivity index (χ0v) is 18.9. The molecule has 1 aliphatic rings. The Kier molecular flexibility index (Phi) is 6.18. The number of imidazole rings is 1. The van der Waals surface area contributed by atoms with Gasteiger partial charge in [-0.1, -0.05) is 0 Å². The summed E-state index contributed by atoms with van der Waals surface area (Å²) >= 11 is 0. The fourth-order valence-corrected chi connectivity index (χ4v) is 4.62. The van der Waals surface area contributed by atoms with Gasteiger partial charge in [-0.2, -0.15) is 0 Å². The SMILES string of the molecule is CC(=O)N1CCCC1Cc1cc(Nc2c[nH]cn2)ccc1Oc1ccc(S(C)(=O)=O)cc1. The molecule has 2 N–H and O–H groups in total. The molecule has 0 aliphatic carbocycles. The number of sulfone groups is 1. The summed E-state index contributed by atoms with van der Waals surface area (Å²) in [4.78, 5) is 21.3. The average molecular weight is 455 g/mol. The van der Waals surface area contributed by atoms with Gasteiger partial charge in [-0.05, 0) is 67.3 Å². The topological polar surface area (TPSA) is 104 Å². The number of nitrogens with zero attached hydrogens (tertiary/aromatic N) is 2. The van der Waals surface area contributed by atoms with Crippen LogP contribution < -0.4 is 10.1 Å². The Morgan fingerprint density at radius 1 is 1.25 bits per heavy atom. The van der Waals surface area contributed by atoms with Crippen molar-refractivity contribution in [3.63, 3.8) is 0 Å². The van der Waals surface area contributed by atoms with Crippen LogP contribution in [0, 0.1) is 0 Å². The lowest BCUT2D eigenvalue weighted by Gasteiger charge is -2.24. The molecular formula is C23H26N4O4S. The Labute approximate surface area is 187 Å². The molecule has 1 unspecified atom stereocenters. The van der Waals surface area contributed by atoms with Gasteiger partial charge in [0.25, 0.3) is 0 Å². The highest BCUT2D eigenvalue weighted by atomic mass is 32.2. The number of hydrogen-bond acceptors (Lipinski definition) is 6. The molecule has 4 rings (SSSR count). The maximum atomic E-state index is 12.0. The van der Waals surface area contributed by atoms with Crippen molar-refractivity contribution >= 4 is 27.2 Å². The number of carbonyl (C=O) groups is 1. The molecule has 1 aliphatic heterocycles. The van der Waals surface area contributed by atoms with Gasteiger partial charge in [0.2, 0.25) is 5.91 Å². The maximum absolute atomic E-state index is 12.0. The van der Waals surface area contributed by atoms with E-state index in [9.17, 15) is 13.2 Å². The zero-order valence-electron chi connectivity index (χ0n) is 18.0. The molecule has 0 spiro atoms. The molecule has 0 saturated carbocycles. The summed E-state index contributed by atoms with van der Waals surface area (Å²) < 4.78 is 29.6. The van der Waals surface area contributed by atoms with Crippen LogP contribution in [0.2, 0.25) is 0 Å². The van der Waals surface area contributed by atoms with Crippen LogP contribution >= 0.6 is 0 Å². The van der Waals surface area contributed by atoms with Crippen LogP contribution in [0.15, 0.2) is 59.9 Å². The Hall–Kier alpha value is -3.33. The second kappa shape index (κ2) is 9.04. The van der Waals surface area contributed by atoms with Crippen molar-refractivity contribution in [2.24, 2.45) is 0 Å². The number of carbonyl (C=O) groups excluding carboxylic acids is 1. The number of anilines is 2. The number of amides is 1. The van der Waals surface area contributed by atoms with Crippen molar-refractivity contribution in [2.45, 2.75) is 37.1 Å². The van der Waals surface area contributed by atoms with Crippen molar-refractivity contribution in [1.29, 1.82) is 0 Å². The van der Waals surface area contributed by atoms with E-state index in [0.717, 1.165) is 30.6 Å². The normalized spacial score (nSPS) is 16.2. The van der Waals surface area contributed by atoms with Gasteiger partial charge in [0, 0.05) is 37.7 Å². The number of aromatic nitrogens is 2. The molecule has 0 radical (unpaired) electrons. The third-order valence-electron chi connectivity index (χ3n) is 5.55. The lowest BCUT2D eigenvalue weighted by atomic mass is 10.0. The summed E-state index contributed by atoms with van der Waals surface area (Å²) in [6, 6.07) is 12.3. The van der Waals surface area contributed by atoms with Crippen molar-refractivity contribution < 1.29 is 17.9 Å². The summed E-state index contributed by atoms with van der Waals surface area (Å²) in [5.74, 6) is 1.99. The summed E-state index contributed by atoms with van der Waals surface area (Å²) in [6.07, 6.45) is 7.13. The van der Waals surface area contributed by atoms with Crippen LogP contribution in [0.3, 0.4) is 0 Å². The summed E-state index contributed by atoms with van der Waals surface area (Å²) in [5, 5.41) is 3.25. The van der Waals surface area contributed by atoms with Crippen molar-refractivity contribution in [3.8, 4) is 11.5 Å². The Morgan fingerprint density at radius 3 is 2.69 bits per heavy atom. The van der Waals surface area contributed by atoms with E-state index in [1.165, 1.54) is 18.4 Å². The first-order valence-corrected chi connectivity index (χ1v) is 12.3. The minimum absolute atomic E-state index is 0.0807. The number of rotatable bonds is 7. The molecule has 1 amide bonds. The van der Waals surface area contributed by atoms with Crippen LogP contribution in [-0.4, -0.2) is 48.0 Å². The molecule has 1 fully saturated rings. The van der Waals surface area contributed by atoms with Crippen LogP contribution in [-0.2, 0) is 21.1 Å². The molecule has 0 bridgehead atoms. The van der Waals surface area contributed by atoms with Gasteiger partial charge in [0.05, 0.1) is 11.2 Å². The quantitative estimate of drug-likeness (QED) is 0.561. The van der Waals surface area contributed by atoms with Gasteiger partial charge in [0.15, 0.2) is 9.84 Å². The van der Waals surface area contributed by atoms with Crippen LogP contribution in [0.4, 0.5) is 11.5 Å².